The third kappa shape index (κ3) is 4.09. The van der Waals surface area contributed by atoms with Crippen LogP contribution < -0.4 is 11.6 Å². The first-order valence-corrected chi connectivity index (χ1v) is 9.34. The minimum atomic E-state index is -0.378. The number of nitrogens with two attached hydrogens (primary N) is 2. The van der Waals surface area contributed by atoms with Crippen LogP contribution in [0.15, 0.2) is 42.4 Å². The molecule has 1 aromatic carbocycles. The average molecular weight is 390 g/mol. The van der Waals surface area contributed by atoms with E-state index in [1.54, 1.807) is 31.1 Å². The van der Waals surface area contributed by atoms with Crippen LogP contribution in [0.5, 0.6) is 0 Å². The maximum atomic E-state index is 12.4. The van der Waals surface area contributed by atoms with Gasteiger partial charge < -0.3 is 15.5 Å². The fourth-order valence-electron chi connectivity index (χ4n) is 3.25. The Kier molecular flexibility index (Phi) is 5.72. The topological polar surface area (TPSA) is 99.4 Å². The summed E-state index contributed by atoms with van der Waals surface area (Å²) in [5.74, 6) is 5.87. The molecule has 4 N–H and O–H groups in total. The Hall–Kier alpha value is -2.51. The Balaban J connectivity index is 2.02. The number of carbonyl (C=O) groups is 1. The lowest BCUT2D eigenvalue weighted by molar-refractivity contribution is 0.0525. The van der Waals surface area contributed by atoms with Gasteiger partial charge in [0.25, 0.3) is 0 Å². The van der Waals surface area contributed by atoms with Gasteiger partial charge in [-0.1, -0.05) is 12.1 Å². The van der Waals surface area contributed by atoms with E-state index in [1.165, 1.54) is 5.01 Å². The summed E-state index contributed by atoms with van der Waals surface area (Å²) in [7, 11) is 1.72. The molecule has 1 unspecified atom stereocenters. The smallest absolute Gasteiger partial charge is 0.341 e. The molecule has 144 valence electrons. The van der Waals surface area contributed by atoms with Gasteiger partial charge in [0.05, 0.1) is 24.2 Å². The highest BCUT2D eigenvalue weighted by atomic mass is 35.5. The summed E-state index contributed by atoms with van der Waals surface area (Å²) in [4.78, 5) is 12.4. The van der Waals surface area contributed by atoms with Crippen molar-refractivity contribution in [3.05, 3.63) is 59.2 Å². The van der Waals surface area contributed by atoms with Crippen LogP contribution in [0.2, 0.25) is 0 Å². The van der Waals surface area contributed by atoms with E-state index in [0.29, 0.717) is 23.7 Å². The number of ether oxygens (including phenoxy) is 1. The minimum Gasteiger partial charge on any atom is -0.462 e. The number of benzene rings is 1. The van der Waals surface area contributed by atoms with Gasteiger partial charge in [0.2, 0.25) is 0 Å². The number of hydrogen-bond donors (Lipinski definition) is 2. The van der Waals surface area contributed by atoms with Crippen molar-refractivity contribution in [2.45, 2.75) is 25.1 Å². The second kappa shape index (κ2) is 8.02. The summed E-state index contributed by atoms with van der Waals surface area (Å²) in [6, 6.07) is 7.77. The van der Waals surface area contributed by atoms with Crippen molar-refractivity contribution in [2.24, 2.45) is 17.5 Å². The van der Waals surface area contributed by atoms with Crippen LogP contribution in [0.3, 0.4) is 0 Å². The molecule has 0 spiro atoms. The first kappa shape index (κ1) is 19.3. The molecule has 0 amide bonds. The zero-order valence-electron chi connectivity index (χ0n) is 15.4. The summed E-state index contributed by atoms with van der Waals surface area (Å²) < 4.78 is 7.00. The van der Waals surface area contributed by atoms with Crippen LogP contribution in [0.25, 0.3) is 5.69 Å². The van der Waals surface area contributed by atoms with Crippen molar-refractivity contribution in [1.29, 1.82) is 0 Å². The molecule has 1 saturated carbocycles. The number of hydrazine groups is 1. The van der Waals surface area contributed by atoms with Gasteiger partial charge in [0.15, 0.2) is 0 Å². The number of halogens is 1. The molecule has 7 nitrogen and oxygen atoms in total. The number of aromatic nitrogens is 2. The first-order chi connectivity index (χ1) is 13.0. The maximum absolute atomic E-state index is 12.4. The number of allylic oxidation sites excluding steroid dienone is 1. The molecule has 2 atom stereocenters. The summed E-state index contributed by atoms with van der Waals surface area (Å²) in [6.07, 6.45) is 4.08. The molecular formula is C19H24ClN5O2. The first-order valence-electron chi connectivity index (χ1n) is 8.81. The van der Waals surface area contributed by atoms with Crippen LogP contribution >= 0.6 is 11.6 Å². The molecule has 27 heavy (non-hydrogen) atoms. The fourth-order valence-corrected chi connectivity index (χ4v) is 3.42. The average Bonchev–Trinajstić information content (AvgIpc) is 3.31. The molecule has 1 aromatic heterocycles. The molecule has 2 aromatic rings. The molecule has 0 saturated heterocycles. The van der Waals surface area contributed by atoms with Crippen LogP contribution in [-0.4, -0.2) is 34.4 Å². The molecule has 1 heterocycles. The largest absolute Gasteiger partial charge is 0.462 e. The highest BCUT2D eigenvalue weighted by molar-refractivity contribution is 6.17. The van der Waals surface area contributed by atoms with Crippen LogP contribution in [0, 0.1) is 5.92 Å². The quantitative estimate of drug-likeness (QED) is 0.326. The number of alkyl halides is 1. The van der Waals surface area contributed by atoms with Crippen molar-refractivity contribution >= 4 is 17.6 Å². The second-order valence-corrected chi connectivity index (χ2v) is 6.89. The monoisotopic (exact) mass is 389 g/mol. The predicted octanol–water partition coefficient (Wildman–Crippen LogP) is 2.50. The van der Waals surface area contributed by atoms with Crippen LogP contribution in [-0.2, 0) is 10.6 Å². The number of nitrogens with zero attached hydrogens (tertiary/aromatic N) is 3. The van der Waals surface area contributed by atoms with Crippen molar-refractivity contribution in [3.63, 3.8) is 0 Å². The molecule has 0 radical (unpaired) electrons. The summed E-state index contributed by atoms with van der Waals surface area (Å²) >= 11 is 5.97. The van der Waals surface area contributed by atoms with Crippen molar-refractivity contribution in [1.82, 2.24) is 14.8 Å². The maximum Gasteiger partial charge on any atom is 0.341 e. The molecule has 8 heteroatoms. The number of hydrogen-bond acceptors (Lipinski definition) is 6. The van der Waals surface area contributed by atoms with E-state index < -0.39 is 0 Å². The lowest BCUT2D eigenvalue weighted by atomic mass is 10.1. The molecule has 0 aliphatic heterocycles. The molecule has 1 fully saturated rings. The van der Waals surface area contributed by atoms with Crippen molar-refractivity contribution in [2.75, 3.05) is 13.7 Å². The van der Waals surface area contributed by atoms with E-state index in [9.17, 15) is 4.79 Å². The summed E-state index contributed by atoms with van der Waals surface area (Å²) in [5.41, 5.74) is 9.95. The Morgan fingerprint density at radius 3 is 2.96 bits per heavy atom. The molecular weight excluding hydrogens is 366 g/mol. The van der Waals surface area contributed by atoms with Gasteiger partial charge in [0, 0.05) is 36.7 Å². The van der Waals surface area contributed by atoms with E-state index in [0.717, 1.165) is 23.4 Å². The highest BCUT2D eigenvalue weighted by Gasteiger charge is 2.45. The number of rotatable bonds is 7. The Labute approximate surface area is 163 Å². The standard InChI is InChI=1S/C19H24ClN5O2/c1-3-27-19(26)16-10-23-25(13-6-4-5-12(7-13)9-20)18(16)15-8-14(15)17(21)11-24(2)22/h4-7,10-11,14-15H,3,8-9,21-22H2,1-2H3/b17-11-/t14?,15-/m1/s1. The fraction of sp³-hybridized carbons (Fsp3) is 0.368. The van der Waals surface area contributed by atoms with Gasteiger partial charge >= 0.3 is 5.97 Å². The van der Waals surface area contributed by atoms with Gasteiger partial charge in [-0.3, -0.25) is 0 Å². The van der Waals surface area contributed by atoms with Crippen molar-refractivity contribution in [3.8, 4) is 5.69 Å². The lowest BCUT2D eigenvalue weighted by Crippen LogP contribution is -2.21. The third-order valence-corrected chi connectivity index (χ3v) is 4.84. The molecule has 1 aliphatic carbocycles. The van der Waals surface area contributed by atoms with E-state index in [4.69, 9.17) is 27.9 Å². The van der Waals surface area contributed by atoms with Gasteiger partial charge in [-0.05, 0) is 31.0 Å². The van der Waals surface area contributed by atoms with Crippen LogP contribution in [0.4, 0.5) is 0 Å². The molecule has 0 bridgehead atoms. The van der Waals surface area contributed by atoms with E-state index in [2.05, 4.69) is 5.10 Å². The second-order valence-electron chi connectivity index (χ2n) is 6.62. The van der Waals surface area contributed by atoms with Gasteiger partial charge in [0.1, 0.15) is 5.56 Å². The van der Waals surface area contributed by atoms with E-state index in [1.807, 2.05) is 24.3 Å². The Morgan fingerprint density at radius 1 is 1.52 bits per heavy atom. The minimum absolute atomic E-state index is 0.0720. The molecule has 1 aliphatic rings. The zero-order valence-corrected chi connectivity index (χ0v) is 16.2. The van der Waals surface area contributed by atoms with Gasteiger partial charge in [-0.15, -0.1) is 11.6 Å². The van der Waals surface area contributed by atoms with Gasteiger partial charge in [-0.25, -0.2) is 15.3 Å². The SMILES string of the molecule is CCOC(=O)c1cnn(-c2cccc(CCl)c2)c1[C@@H]1CC1/C(N)=C/N(C)N. The van der Waals surface area contributed by atoms with Gasteiger partial charge in [-0.2, -0.15) is 5.10 Å². The summed E-state index contributed by atoms with van der Waals surface area (Å²) in [6.45, 7) is 2.09. The number of esters is 1. The van der Waals surface area contributed by atoms with E-state index in [-0.39, 0.29) is 17.8 Å². The van der Waals surface area contributed by atoms with E-state index >= 15 is 0 Å². The predicted molar refractivity (Wildman–Crippen MR) is 104 cm³/mol. The lowest BCUT2D eigenvalue weighted by Gasteiger charge is -2.12. The highest BCUT2D eigenvalue weighted by Crippen LogP contribution is 2.51. The molecule has 3 rings (SSSR count). The number of carbonyl (C=O) groups excluding carboxylic acids is 1. The Morgan fingerprint density at radius 2 is 2.30 bits per heavy atom. The van der Waals surface area contributed by atoms with Crippen molar-refractivity contribution < 1.29 is 9.53 Å². The normalized spacial score (nSPS) is 19.0. The summed E-state index contributed by atoms with van der Waals surface area (Å²) in [5, 5.41) is 5.89. The van der Waals surface area contributed by atoms with Crippen LogP contribution in [0.1, 0.15) is 40.9 Å². The zero-order chi connectivity index (χ0) is 19.6. The Bertz CT molecular complexity index is 862. The third-order valence-electron chi connectivity index (χ3n) is 4.53.